The van der Waals surface area contributed by atoms with Crippen molar-refractivity contribution in [2.45, 2.75) is 30.2 Å². The topological polar surface area (TPSA) is 29.9 Å². The van der Waals surface area contributed by atoms with Crippen LogP contribution in [0.4, 0.5) is 0 Å². The van der Waals surface area contributed by atoms with Gasteiger partial charge in [-0.05, 0) is 24.2 Å². The second kappa shape index (κ2) is 6.02. The molecule has 0 saturated carbocycles. The van der Waals surface area contributed by atoms with E-state index < -0.39 is 0 Å². The molecule has 3 rings (SSSR count). The summed E-state index contributed by atoms with van der Waals surface area (Å²) < 4.78 is 1.88. The number of benzene rings is 1. The van der Waals surface area contributed by atoms with Crippen molar-refractivity contribution in [3.63, 3.8) is 0 Å². The predicted molar refractivity (Wildman–Crippen MR) is 84.3 cm³/mol. The van der Waals surface area contributed by atoms with E-state index in [9.17, 15) is 0 Å². The molecule has 1 aromatic heterocycles. The molecule has 0 spiro atoms. The van der Waals surface area contributed by atoms with Crippen LogP contribution in [0.1, 0.15) is 24.1 Å². The van der Waals surface area contributed by atoms with Gasteiger partial charge in [0.05, 0.1) is 5.69 Å². The molecule has 2 aromatic rings. The summed E-state index contributed by atoms with van der Waals surface area (Å²) in [6.45, 7) is 3.18. The number of hydrogen-bond acceptors (Lipinski definition) is 3. The van der Waals surface area contributed by atoms with Gasteiger partial charge < -0.3 is 5.32 Å². The minimum Gasteiger partial charge on any atom is -0.313 e. The quantitative estimate of drug-likeness (QED) is 0.917. The highest BCUT2D eigenvalue weighted by Crippen LogP contribution is 2.41. The Balaban J connectivity index is 1.81. The van der Waals surface area contributed by atoms with Gasteiger partial charge in [-0.1, -0.05) is 25.1 Å². The maximum Gasteiger partial charge on any atom is 0.0640 e. The predicted octanol–water partition coefficient (Wildman–Crippen LogP) is 2.83. The Hall–Kier alpha value is -1.26. The van der Waals surface area contributed by atoms with Gasteiger partial charge in [-0.25, -0.2) is 0 Å². The number of fused-ring (bicyclic) bond motifs is 1. The standard InChI is InChI=1S/C16H21N3S/c1-3-17-15(10-12-8-9-19(2)18-12)14-11-20-16-7-5-4-6-13(14)16/h4-9,14-15,17H,3,10-11H2,1-2H3. The number of aromatic nitrogens is 2. The Morgan fingerprint density at radius 1 is 1.40 bits per heavy atom. The molecule has 2 unspecified atom stereocenters. The first-order valence-electron chi connectivity index (χ1n) is 7.21. The number of nitrogens with one attached hydrogen (secondary N) is 1. The number of hydrogen-bond donors (Lipinski definition) is 1. The number of thioether (sulfide) groups is 1. The van der Waals surface area contributed by atoms with Gasteiger partial charge in [0.2, 0.25) is 0 Å². The van der Waals surface area contributed by atoms with Crippen molar-refractivity contribution in [2.75, 3.05) is 12.3 Å². The van der Waals surface area contributed by atoms with Gasteiger partial charge in [-0.15, -0.1) is 11.8 Å². The average Bonchev–Trinajstić information content (AvgIpc) is 3.04. The molecule has 4 heteroatoms. The van der Waals surface area contributed by atoms with Gasteiger partial charge in [-0.2, -0.15) is 5.10 Å². The maximum atomic E-state index is 4.53. The fourth-order valence-corrected chi connectivity index (χ4v) is 4.27. The highest BCUT2D eigenvalue weighted by molar-refractivity contribution is 7.99. The minimum atomic E-state index is 0.464. The molecule has 1 aliphatic rings. The summed E-state index contributed by atoms with van der Waals surface area (Å²) in [6.07, 6.45) is 3.02. The lowest BCUT2D eigenvalue weighted by atomic mass is 9.90. The molecule has 0 aliphatic carbocycles. The number of aryl methyl sites for hydroxylation is 1. The first-order valence-corrected chi connectivity index (χ1v) is 8.20. The maximum absolute atomic E-state index is 4.53. The molecule has 0 saturated heterocycles. The molecule has 1 N–H and O–H groups in total. The SMILES string of the molecule is CCNC(Cc1ccn(C)n1)C1CSc2ccccc21. The highest BCUT2D eigenvalue weighted by Gasteiger charge is 2.30. The van der Waals surface area contributed by atoms with Crippen molar-refractivity contribution >= 4 is 11.8 Å². The summed E-state index contributed by atoms with van der Waals surface area (Å²) in [5.41, 5.74) is 2.67. The van der Waals surface area contributed by atoms with Crippen LogP contribution in [0.2, 0.25) is 0 Å². The first kappa shape index (κ1) is 13.7. The van der Waals surface area contributed by atoms with Gasteiger partial charge in [0, 0.05) is 42.3 Å². The van der Waals surface area contributed by atoms with Crippen LogP contribution in [0.15, 0.2) is 41.4 Å². The lowest BCUT2D eigenvalue weighted by Crippen LogP contribution is -2.37. The van der Waals surface area contributed by atoms with Crippen LogP contribution < -0.4 is 5.32 Å². The normalized spacial score (nSPS) is 19.0. The summed E-state index contributed by atoms with van der Waals surface area (Å²) in [5, 5.41) is 8.19. The third-order valence-electron chi connectivity index (χ3n) is 3.89. The van der Waals surface area contributed by atoms with Crippen molar-refractivity contribution in [3.8, 4) is 0 Å². The van der Waals surface area contributed by atoms with Crippen molar-refractivity contribution < 1.29 is 0 Å². The average molecular weight is 287 g/mol. The molecule has 1 aromatic carbocycles. The zero-order chi connectivity index (χ0) is 13.9. The van der Waals surface area contributed by atoms with E-state index in [2.05, 4.69) is 47.7 Å². The third kappa shape index (κ3) is 2.76. The fraction of sp³-hybridized carbons (Fsp3) is 0.438. The molecule has 1 aliphatic heterocycles. The smallest absolute Gasteiger partial charge is 0.0640 e. The van der Waals surface area contributed by atoms with Gasteiger partial charge in [0.1, 0.15) is 0 Å². The van der Waals surface area contributed by atoms with Gasteiger partial charge in [-0.3, -0.25) is 4.68 Å². The van der Waals surface area contributed by atoms with Crippen LogP contribution in [-0.4, -0.2) is 28.1 Å². The molecule has 0 radical (unpaired) electrons. The van der Waals surface area contributed by atoms with Gasteiger partial charge in [0.25, 0.3) is 0 Å². The van der Waals surface area contributed by atoms with Gasteiger partial charge in [0.15, 0.2) is 0 Å². The lowest BCUT2D eigenvalue weighted by molar-refractivity contribution is 0.457. The molecule has 3 nitrogen and oxygen atoms in total. The summed E-state index contributed by atoms with van der Waals surface area (Å²) in [7, 11) is 1.98. The van der Waals surface area contributed by atoms with E-state index in [4.69, 9.17) is 0 Å². The third-order valence-corrected chi connectivity index (χ3v) is 5.10. The van der Waals surface area contributed by atoms with E-state index in [1.165, 1.54) is 21.9 Å². The summed E-state index contributed by atoms with van der Waals surface area (Å²) in [6, 6.07) is 11.4. The lowest BCUT2D eigenvalue weighted by Gasteiger charge is -2.24. The van der Waals surface area contributed by atoms with Crippen LogP contribution in [0.3, 0.4) is 0 Å². The Bertz CT molecular complexity index is 579. The summed E-state index contributed by atoms with van der Waals surface area (Å²) in [5.74, 6) is 1.75. The second-order valence-corrected chi connectivity index (χ2v) is 6.37. The Morgan fingerprint density at radius 2 is 2.25 bits per heavy atom. The molecule has 20 heavy (non-hydrogen) atoms. The van der Waals surface area contributed by atoms with Crippen LogP contribution in [-0.2, 0) is 13.5 Å². The molecule has 0 amide bonds. The van der Waals surface area contributed by atoms with E-state index in [1.807, 2.05) is 29.7 Å². The van der Waals surface area contributed by atoms with E-state index >= 15 is 0 Å². The first-order chi connectivity index (χ1) is 9.78. The molecule has 2 heterocycles. The Labute approximate surface area is 124 Å². The van der Waals surface area contributed by atoms with Crippen LogP contribution in [0.25, 0.3) is 0 Å². The molecule has 0 bridgehead atoms. The van der Waals surface area contributed by atoms with Gasteiger partial charge >= 0.3 is 0 Å². The van der Waals surface area contributed by atoms with Crippen molar-refractivity contribution in [3.05, 3.63) is 47.8 Å². The second-order valence-electron chi connectivity index (χ2n) is 5.30. The van der Waals surface area contributed by atoms with Crippen molar-refractivity contribution in [1.82, 2.24) is 15.1 Å². The van der Waals surface area contributed by atoms with Crippen molar-refractivity contribution in [2.24, 2.45) is 7.05 Å². The molecular weight excluding hydrogens is 266 g/mol. The van der Waals surface area contributed by atoms with E-state index in [-0.39, 0.29) is 0 Å². The fourth-order valence-electron chi connectivity index (χ4n) is 2.94. The Kier molecular flexibility index (Phi) is 4.13. The summed E-state index contributed by atoms with van der Waals surface area (Å²) >= 11 is 1.98. The zero-order valence-electron chi connectivity index (χ0n) is 12.0. The number of likely N-dealkylation sites (N-methyl/N-ethyl adjacent to an activating group) is 1. The molecule has 2 atom stereocenters. The largest absolute Gasteiger partial charge is 0.313 e. The van der Waals surface area contributed by atoms with Crippen LogP contribution in [0.5, 0.6) is 0 Å². The molecule has 106 valence electrons. The monoisotopic (exact) mass is 287 g/mol. The molecular formula is C16H21N3S. The van der Waals surface area contributed by atoms with Crippen LogP contribution >= 0.6 is 11.8 Å². The molecule has 0 fully saturated rings. The van der Waals surface area contributed by atoms with E-state index in [0.717, 1.165) is 13.0 Å². The van der Waals surface area contributed by atoms with E-state index in [0.29, 0.717) is 12.0 Å². The van der Waals surface area contributed by atoms with Crippen LogP contribution in [0, 0.1) is 0 Å². The highest BCUT2D eigenvalue weighted by atomic mass is 32.2. The zero-order valence-corrected chi connectivity index (χ0v) is 12.9. The number of rotatable bonds is 5. The van der Waals surface area contributed by atoms with Crippen molar-refractivity contribution in [1.29, 1.82) is 0 Å². The Morgan fingerprint density at radius 3 is 3.00 bits per heavy atom. The summed E-state index contributed by atoms with van der Waals surface area (Å²) in [4.78, 5) is 1.45. The minimum absolute atomic E-state index is 0.464. The van der Waals surface area contributed by atoms with E-state index in [1.54, 1.807) is 0 Å². The number of nitrogens with zero attached hydrogens (tertiary/aromatic N) is 2.